The second-order valence-corrected chi connectivity index (χ2v) is 6.71. The van der Waals surface area contributed by atoms with Gasteiger partial charge in [0.15, 0.2) is 0 Å². The standard InChI is InChI=1S/C16H23N3/c1-16(2,3)17-7-6-12-8-13(11-4-5-11)9-15-14(12)10-18-19-15/h8-11,17H,4-7H2,1-3H3,(H,18,19). The zero-order valence-corrected chi connectivity index (χ0v) is 12.1. The van der Waals surface area contributed by atoms with Crippen molar-refractivity contribution >= 4 is 10.9 Å². The van der Waals surface area contributed by atoms with E-state index in [9.17, 15) is 0 Å². The Morgan fingerprint density at radius 2 is 2.11 bits per heavy atom. The summed E-state index contributed by atoms with van der Waals surface area (Å²) in [4.78, 5) is 0. The van der Waals surface area contributed by atoms with Crippen LogP contribution in [0.25, 0.3) is 10.9 Å². The lowest BCUT2D eigenvalue weighted by Crippen LogP contribution is -2.37. The van der Waals surface area contributed by atoms with E-state index in [0.29, 0.717) is 0 Å². The van der Waals surface area contributed by atoms with Gasteiger partial charge in [0.2, 0.25) is 0 Å². The van der Waals surface area contributed by atoms with Crippen molar-refractivity contribution in [2.75, 3.05) is 6.54 Å². The number of H-pyrrole nitrogens is 1. The fourth-order valence-corrected chi connectivity index (χ4v) is 2.58. The van der Waals surface area contributed by atoms with Crippen LogP contribution in [-0.2, 0) is 6.42 Å². The minimum absolute atomic E-state index is 0.184. The number of nitrogens with zero attached hydrogens (tertiary/aromatic N) is 1. The average molecular weight is 257 g/mol. The van der Waals surface area contributed by atoms with Crippen LogP contribution < -0.4 is 5.32 Å². The second kappa shape index (κ2) is 4.64. The first-order valence-electron chi connectivity index (χ1n) is 7.24. The van der Waals surface area contributed by atoms with Crippen LogP contribution in [0.5, 0.6) is 0 Å². The van der Waals surface area contributed by atoms with Gasteiger partial charge in [0.1, 0.15) is 0 Å². The molecule has 102 valence electrons. The Balaban J connectivity index is 1.82. The Morgan fingerprint density at radius 1 is 1.32 bits per heavy atom. The number of hydrogen-bond acceptors (Lipinski definition) is 2. The van der Waals surface area contributed by atoms with Gasteiger partial charge >= 0.3 is 0 Å². The highest BCUT2D eigenvalue weighted by molar-refractivity contribution is 5.82. The normalized spacial score (nSPS) is 16.2. The van der Waals surface area contributed by atoms with Gasteiger partial charge in [0.25, 0.3) is 0 Å². The summed E-state index contributed by atoms with van der Waals surface area (Å²) >= 11 is 0. The molecule has 0 atom stereocenters. The van der Waals surface area contributed by atoms with Crippen molar-refractivity contribution in [3.8, 4) is 0 Å². The van der Waals surface area contributed by atoms with Crippen LogP contribution in [-0.4, -0.2) is 22.3 Å². The molecule has 3 heteroatoms. The lowest BCUT2D eigenvalue weighted by atomic mass is 10.0. The molecular formula is C16H23N3. The van der Waals surface area contributed by atoms with E-state index in [2.05, 4.69) is 48.4 Å². The molecule has 2 N–H and O–H groups in total. The van der Waals surface area contributed by atoms with E-state index in [1.807, 2.05) is 6.20 Å². The summed E-state index contributed by atoms with van der Waals surface area (Å²) in [6.07, 6.45) is 5.71. The number of rotatable bonds is 4. The van der Waals surface area contributed by atoms with Crippen molar-refractivity contribution in [2.45, 2.75) is 51.5 Å². The molecule has 1 saturated carbocycles. The minimum atomic E-state index is 0.184. The molecule has 1 aromatic heterocycles. The van der Waals surface area contributed by atoms with Crippen LogP contribution in [0.3, 0.4) is 0 Å². The van der Waals surface area contributed by atoms with E-state index >= 15 is 0 Å². The summed E-state index contributed by atoms with van der Waals surface area (Å²) in [5.74, 6) is 0.794. The summed E-state index contributed by atoms with van der Waals surface area (Å²) in [7, 11) is 0. The third-order valence-corrected chi connectivity index (χ3v) is 3.77. The number of aromatic nitrogens is 2. The van der Waals surface area contributed by atoms with Crippen molar-refractivity contribution in [2.24, 2.45) is 0 Å². The van der Waals surface area contributed by atoms with Gasteiger partial charge in [0, 0.05) is 10.9 Å². The van der Waals surface area contributed by atoms with Crippen molar-refractivity contribution < 1.29 is 0 Å². The SMILES string of the molecule is CC(C)(C)NCCc1cc(C2CC2)cc2[nH]ncc12. The third-order valence-electron chi connectivity index (χ3n) is 3.77. The van der Waals surface area contributed by atoms with Gasteiger partial charge in [-0.05, 0) is 69.7 Å². The molecule has 2 aromatic rings. The Morgan fingerprint density at radius 3 is 2.79 bits per heavy atom. The molecule has 0 bridgehead atoms. The van der Waals surface area contributed by atoms with Crippen molar-refractivity contribution in [1.29, 1.82) is 0 Å². The van der Waals surface area contributed by atoms with E-state index < -0.39 is 0 Å². The van der Waals surface area contributed by atoms with Gasteiger partial charge in [-0.1, -0.05) is 6.07 Å². The van der Waals surface area contributed by atoms with E-state index in [1.54, 1.807) is 0 Å². The smallest absolute Gasteiger partial charge is 0.0655 e. The van der Waals surface area contributed by atoms with Gasteiger partial charge in [-0.2, -0.15) is 5.10 Å². The van der Waals surface area contributed by atoms with Crippen molar-refractivity contribution in [3.05, 3.63) is 29.5 Å². The number of fused-ring (bicyclic) bond motifs is 1. The molecule has 0 aliphatic heterocycles. The van der Waals surface area contributed by atoms with Gasteiger partial charge in [-0.3, -0.25) is 5.10 Å². The topological polar surface area (TPSA) is 40.7 Å². The van der Waals surface area contributed by atoms with Crippen LogP contribution in [0.2, 0.25) is 0 Å². The molecule has 1 aromatic carbocycles. The first-order valence-corrected chi connectivity index (χ1v) is 7.24. The van der Waals surface area contributed by atoms with Gasteiger partial charge in [-0.15, -0.1) is 0 Å². The Kier molecular flexibility index (Phi) is 3.09. The first-order chi connectivity index (χ1) is 9.03. The summed E-state index contributed by atoms with van der Waals surface area (Å²) in [5, 5.41) is 12.2. The second-order valence-electron chi connectivity index (χ2n) is 6.71. The fraction of sp³-hybridized carbons (Fsp3) is 0.562. The Bertz CT molecular complexity index is 573. The summed E-state index contributed by atoms with van der Waals surface area (Å²) in [5.41, 5.74) is 4.28. The zero-order valence-electron chi connectivity index (χ0n) is 12.1. The zero-order chi connectivity index (χ0) is 13.5. The summed E-state index contributed by atoms with van der Waals surface area (Å²) in [6, 6.07) is 4.67. The van der Waals surface area contributed by atoms with Crippen LogP contribution in [0.4, 0.5) is 0 Å². The van der Waals surface area contributed by atoms with E-state index in [0.717, 1.165) is 18.9 Å². The molecule has 3 nitrogen and oxygen atoms in total. The fourth-order valence-electron chi connectivity index (χ4n) is 2.58. The van der Waals surface area contributed by atoms with Crippen LogP contribution >= 0.6 is 0 Å². The highest BCUT2D eigenvalue weighted by Crippen LogP contribution is 2.41. The molecule has 0 radical (unpaired) electrons. The van der Waals surface area contributed by atoms with Crippen molar-refractivity contribution in [3.63, 3.8) is 0 Å². The first kappa shape index (κ1) is 12.7. The average Bonchev–Trinajstić information content (AvgIpc) is 3.06. The Labute approximate surface area is 114 Å². The van der Waals surface area contributed by atoms with Gasteiger partial charge in [0.05, 0.1) is 11.7 Å². The number of benzene rings is 1. The van der Waals surface area contributed by atoms with E-state index in [-0.39, 0.29) is 5.54 Å². The summed E-state index contributed by atoms with van der Waals surface area (Å²) < 4.78 is 0. The highest BCUT2D eigenvalue weighted by atomic mass is 15.1. The monoisotopic (exact) mass is 257 g/mol. The molecule has 0 saturated heterocycles. The van der Waals surface area contributed by atoms with Crippen LogP contribution in [0.1, 0.15) is 50.7 Å². The molecule has 0 unspecified atom stereocenters. The summed E-state index contributed by atoms with van der Waals surface area (Å²) in [6.45, 7) is 7.64. The maximum Gasteiger partial charge on any atom is 0.0655 e. The number of aromatic amines is 1. The van der Waals surface area contributed by atoms with E-state index in [4.69, 9.17) is 0 Å². The van der Waals surface area contributed by atoms with Gasteiger partial charge < -0.3 is 5.32 Å². The molecule has 1 aliphatic rings. The van der Waals surface area contributed by atoms with Crippen molar-refractivity contribution in [1.82, 2.24) is 15.5 Å². The minimum Gasteiger partial charge on any atom is -0.312 e. The molecular weight excluding hydrogens is 234 g/mol. The maximum atomic E-state index is 4.19. The van der Waals surface area contributed by atoms with Crippen LogP contribution in [0.15, 0.2) is 18.3 Å². The molecule has 1 aliphatic carbocycles. The van der Waals surface area contributed by atoms with Crippen LogP contribution in [0, 0.1) is 0 Å². The largest absolute Gasteiger partial charge is 0.312 e. The predicted molar refractivity (Wildman–Crippen MR) is 79.5 cm³/mol. The van der Waals surface area contributed by atoms with E-state index in [1.165, 1.54) is 34.9 Å². The number of hydrogen-bond donors (Lipinski definition) is 2. The molecule has 1 fully saturated rings. The number of nitrogens with one attached hydrogen (secondary N) is 2. The maximum absolute atomic E-state index is 4.19. The quantitative estimate of drug-likeness (QED) is 0.881. The lowest BCUT2D eigenvalue weighted by Gasteiger charge is -2.20. The molecule has 3 rings (SSSR count). The highest BCUT2D eigenvalue weighted by Gasteiger charge is 2.24. The Hall–Kier alpha value is -1.35. The van der Waals surface area contributed by atoms with Gasteiger partial charge in [-0.25, -0.2) is 0 Å². The predicted octanol–water partition coefficient (Wildman–Crippen LogP) is 3.37. The molecule has 19 heavy (non-hydrogen) atoms. The lowest BCUT2D eigenvalue weighted by molar-refractivity contribution is 0.430. The molecule has 0 spiro atoms. The third kappa shape index (κ3) is 2.98. The molecule has 1 heterocycles. The molecule has 0 amide bonds.